The van der Waals surface area contributed by atoms with Crippen LogP contribution in [0.15, 0.2) is 10.9 Å². The number of hydrogen-bond donors (Lipinski definition) is 1. The molecule has 0 fully saturated rings. The van der Waals surface area contributed by atoms with E-state index in [1.165, 1.54) is 0 Å². The highest BCUT2D eigenvalue weighted by molar-refractivity contribution is 5.01. The number of nitrogens with zero attached hydrogens (tertiary/aromatic N) is 2. The van der Waals surface area contributed by atoms with Crippen LogP contribution in [0.25, 0.3) is 0 Å². The maximum Gasteiger partial charge on any atom is 0.253 e. The van der Waals surface area contributed by atoms with Gasteiger partial charge in [-0.25, -0.2) is 4.98 Å². The highest BCUT2D eigenvalue weighted by atomic mass is 16.1. The molecule has 0 unspecified atom stereocenters. The van der Waals surface area contributed by atoms with Gasteiger partial charge in [0.2, 0.25) is 0 Å². The third kappa shape index (κ3) is 5.00. The predicted molar refractivity (Wildman–Crippen MR) is 75.0 cm³/mol. The van der Waals surface area contributed by atoms with Crippen molar-refractivity contribution in [2.24, 2.45) is 0 Å². The van der Waals surface area contributed by atoms with Crippen molar-refractivity contribution in [3.05, 3.63) is 27.9 Å². The van der Waals surface area contributed by atoms with Crippen LogP contribution in [0, 0.1) is 13.8 Å². The first-order valence-electron chi connectivity index (χ1n) is 6.60. The number of aromatic nitrogens is 2. The van der Waals surface area contributed by atoms with Gasteiger partial charge in [0.1, 0.15) is 5.82 Å². The van der Waals surface area contributed by atoms with Gasteiger partial charge in [-0.1, -0.05) is 0 Å². The quantitative estimate of drug-likeness (QED) is 0.815. The molecule has 0 amide bonds. The van der Waals surface area contributed by atoms with Gasteiger partial charge < -0.3 is 5.32 Å². The summed E-state index contributed by atoms with van der Waals surface area (Å²) in [5.41, 5.74) is 1.02. The van der Waals surface area contributed by atoms with E-state index < -0.39 is 0 Å². The minimum atomic E-state index is 0.0591. The number of hydrogen-bond acceptors (Lipinski definition) is 3. The summed E-state index contributed by atoms with van der Waals surface area (Å²) in [6, 6.07) is 1.60. The van der Waals surface area contributed by atoms with Crippen LogP contribution in [0.4, 0.5) is 0 Å². The van der Waals surface area contributed by atoms with Crippen molar-refractivity contribution < 1.29 is 0 Å². The molecule has 0 bridgehead atoms. The van der Waals surface area contributed by atoms with Crippen molar-refractivity contribution in [3.8, 4) is 0 Å². The highest BCUT2D eigenvalue weighted by Gasteiger charge is 2.07. The summed E-state index contributed by atoms with van der Waals surface area (Å²) in [7, 11) is 0. The van der Waals surface area contributed by atoms with Crippen LogP contribution in [0.3, 0.4) is 0 Å². The first-order valence-corrected chi connectivity index (χ1v) is 6.60. The largest absolute Gasteiger partial charge is 0.312 e. The molecule has 0 saturated heterocycles. The molecule has 0 atom stereocenters. The van der Waals surface area contributed by atoms with Crippen LogP contribution in [-0.2, 0) is 6.54 Å². The van der Waals surface area contributed by atoms with Crippen molar-refractivity contribution in [1.29, 1.82) is 0 Å². The third-order valence-corrected chi connectivity index (χ3v) is 2.79. The molecule has 1 N–H and O–H groups in total. The van der Waals surface area contributed by atoms with E-state index in [0.29, 0.717) is 0 Å². The second-order valence-corrected chi connectivity index (χ2v) is 5.82. The Hall–Kier alpha value is -1.16. The average Bonchev–Trinajstić information content (AvgIpc) is 2.19. The van der Waals surface area contributed by atoms with Gasteiger partial charge in [0.25, 0.3) is 5.56 Å². The monoisotopic (exact) mass is 251 g/mol. The maximum atomic E-state index is 11.8. The van der Waals surface area contributed by atoms with Gasteiger partial charge in [-0.3, -0.25) is 9.36 Å². The Kier molecular flexibility index (Phi) is 5.08. The average molecular weight is 251 g/mol. The smallest absolute Gasteiger partial charge is 0.253 e. The van der Waals surface area contributed by atoms with Crippen LogP contribution < -0.4 is 10.9 Å². The van der Waals surface area contributed by atoms with Crippen LogP contribution in [-0.4, -0.2) is 21.6 Å². The first-order chi connectivity index (χ1) is 8.29. The van der Waals surface area contributed by atoms with Gasteiger partial charge in [0, 0.05) is 23.8 Å². The van der Waals surface area contributed by atoms with Crippen molar-refractivity contribution in [2.45, 2.75) is 59.5 Å². The van der Waals surface area contributed by atoms with E-state index in [0.717, 1.165) is 37.4 Å². The van der Waals surface area contributed by atoms with Crippen molar-refractivity contribution in [2.75, 3.05) is 6.54 Å². The fourth-order valence-electron chi connectivity index (χ4n) is 1.89. The van der Waals surface area contributed by atoms with E-state index >= 15 is 0 Å². The lowest BCUT2D eigenvalue weighted by molar-refractivity contribution is 0.412. The Labute approximate surface area is 109 Å². The predicted octanol–water partition coefficient (Wildman–Crippen LogP) is 2.03. The summed E-state index contributed by atoms with van der Waals surface area (Å²) in [5.74, 6) is 0.809. The summed E-state index contributed by atoms with van der Waals surface area (Å²) < 4.78 is 1.75. The zero-order valence-corrected chi connectivity index (χ0v) is 12.2. The van der Waals surface area contributed by atoms with E-state index in [1.54, 1.807) is 10.6 Å². The number of aryl methyl sites for hydroxylation is 2. The minimum Gasteiger partial charge on any atom is -0.312 e. The Morgan fingerprint density at radius 1 is 1.28 bits per heavy atom. The van der Waals surface area contributed by atoms with E-state index in [1.807, 2.05) is 13.8 Å². The molecule has 0 aliphatic rings. The lowest BCUT2D eigenvalue weighted by Crippen LogP contribution is -2.36. The van der Waals surface area contributed by atoms with Crippen LogP contribution >= 0.6 is 0 Å². The van der Waals surface area contributed by atoms with Crippen molar-refractivity contribution in [3.63, 3.8) is 0 Å². The maximum absolute atomic E-state index is 11.8. The number of nitrogens with one attached hydrogen (secondary N) is 1. The van der Waals surface area contributed by atoms with Gasteiger partial charge in [-0.05, 0) is 54.0 Å². The second kappa shape index (κ2) is 6.14. The lowest BCUT2D eigenvalue weighted by Gasteiger charge is -2.20. The molecule has 0 saturated carbocycles. The molecule has 1 aromatic rings. The molecule has 0 aliphatic heterocycles. The summed E-state index contributed by atoms with van der Waals surface area (Å²) >= 11 is 0. The topological polar surface area (TPSA) is 46.9 Å². The summed E-state index contributed by atoms with van der Waals surface area (Å²) in [4.78, 5) is 16.1. The minimum absolute atomic E-state index is 0.0591. The Morgan fingerprint density at radius 3 is 2.50 bits per heavy atom. The third-order valence-electron chi connectivity index (χ3n) is 2.79. The molecule has 4 nitrogen and oxygen atoms in total. The van der Waals surface area contributed by atoms with Gasteiger partial charge >= 0.3 is 0 Å². The number of unbranched alkanes of at least 4 members (excludes halogenated alkanes) is 1. The van der Waals surface area contributed by atoms with E-state index in [-0.39, 0.29) is 11.1 Å². The lowest BCUT2D eigenvalue weighted by atomic mass is 10.1. The van der Waals surface area contributed by atoms with Gasteiger partial charge in [-0.2, -0.15) is 0 Å². The van der Waals surface area contributed by atoms with Crippen molar-refractivity contribution >= 4 is 0 Å². The summed E-state index contributed by atoms with van der Waals surface area (Å²) in [6.45, 7) is 12.0. The molecule has 18 heavy (non-hydrogen) atoms. The summed E-state index contributed by atoms with van der Waals surface area (Å²) in [6.07, 6.45) is 2.06. The van der Waals surface area contributed by atoms with E-state index in [9.17, 15) is 4.79 Å². The molecule has 1 aromatic heterocycles. The van der Waals surface area contributed by atoms with Crippen molar-refractivity contribution in [1.82, 2.24) is 14.9 Å². The molecule has 0 aliphatic carbocycles. The molecule has 1 rings (SSSR count). The molecule has 1 heterocycles. The molecular formula is C14H25N3O. The van der Waals surface area contributed by atoms with E-state index in [2.05, 4.69) is 31.1 Å². The fourth-order valence-corrected chi connectivity index (χ4v) is 1.89. The number of rotatable bonds is 5. The zero-order chi connectivity index (χ0) is 13.8. The zero-order valence-electron chi connectivity index (χ0n) is 12.2. The standard InChI is InChI=1S/C14H25N3O/c1-11-10-13(18)17(12(2)16-11)9-7-6-8-15-14(3,4)5/h10,15H,6-9H2,1-5H3. The first kappa shape index (κ1) is 14.9. The SMILES string of the molecule is Cc1cc(=O)n(CCCCNC(C)(C)C)c(C)n1. The Morgan fingerprint density at radius 2 is 1.94 bits per heavy atom. The van der Waals surface area contributed by atoms with Gasteiger partial charge in [-0.15, -0.1) is 0 Å². The molecule has 0 aromatic carbocycles. The molecular weight excluding hydrogens is 226 g/mol. The normalized spacial score (nSPS) is 11.8. The van der Waals surface area contributed by atoms with Crippen LogP contribution in [0.1, 0.15) is 45.1 Å². The fraction of sp³-hybridized carbons (Fsp3) is 0.714. The van der Waals surface area contributed by atoms with Gasteiger partial charge in [0.15, 0.2) is 0 Å². The molecule has 4 heteroatoms. The molecule has 102 valence electrons. The Balaban J connectivity index is 2.43. The van der Waals surface area contributed by atoms with Crippen LogP contribution in [0.2, 0.25) is 0 Å². The molecule has 0 radical (unpaired) electrons. The summed E-state index contributed by atoms with van der Waals surface area (Å²) in [5, 5.41) is 3.44. The van der Waals surface area contributed by atoms with E-state index in [4.69, 9.17) is 0 Å². The van der Waals surface area contributed by atoms with Gasteiger partial charge in [0.05, 0.1) is 0 Å². The second-order valence-electron chi connectivity index (χ2n) is 5.82. The highest BCUT2D eigenvalue weighted by Crippen LogP contribution is 2.01. The Bertz CT molecular complexity index is 443. The molecule has 0 spiro atoms. The van der Waals surface area contributed by atoms with Crippen LogP contribution in [0.5, 0.6) is 0 Å².